The van der Waals surface area contributed by atoms with Crippen LogP contribution in [0.2, 0.25) is 0 Å². The van der Waals surface area contributed by atoms with Gasteiger partial charge in [-0.3, -0.25) is 9.59 Å². The van der Waals surface area contributed by atoms with Crippen LogP contribution in [0.4, 0.5) is 5.69 Å². The largest absolute Gasteiger partial charge is 0.486 e. The van der Waals surface area contributed by atoms with E-state index in [4.69, 9.17) is 9.47 Å². The molecule has 2 N–H and O–H groups in total. The van der Waals surface area contributed by atoms with Crippen molar-refractivity contribution in [2.45, 2.75) is 4.90 Å². The minimum Gasteiger partial charge on any atom is -0.486 e. The molecule has 25 heavy (non-hydrogen) atoms. The first-order valence-electron chi connectivity index (χ1n) is 7.80. The monoisotopic (exact) mass is 358 g/mol. The Bertz CT molecular complexity index is 794. The molecule has 2 amide bonds. The smallest absolute Gasteiger partial charge is 0.251 e. The SMILES string of the molecule is CNC(=O)c1cccc(NC(=O)CSc2ccc3c(c2)OCCO3)c1. The van der Waals surface area contributed by atoms with Crippen molar-refractivity contribution in [3.8, 4) is 11.5 Å². The lowest BCUT2D eigenvalue weighted by Gasteiger charge is -2.18. The highest BCUT2D eigenvalue weighted by Crippen LogP contribution is 2.34. The van der Waals surface area contributed by atoms with Gasteiger partial charge in [0, 0.05) is 23.2 Å². The number of amides is 2. The molecule has 0 saturated heterocycles. The molecule has 0 bridgehead atoms. The van der Waals surface area contributed by atoms with Crippen LogP contribution in [0.3, 0.4) is 0 Å². The predicted octanol–water partition coefficient (Wildman–Crippen LogP) is 2.55. The fourth-order valence-electron chi connectivity index (χ4n) is 2.34. The van der Waals surface area contributed by atoms with Gasteiger partial charge in [0.05, 0.1) is 5.75 Å². The molecule has 0 saturated carbocycles. The molecule has 0 aliphatic carbocycles. The van der Waals surface area contributed by atoms with Gasteiger partial charge in [0.15, 0.2) is 11.5 Å². The molecule has 1 aliphatic rings. The van der Waals surface area contributed by atoms with Crippen molar-refractivity contribution >= 4 is 29.3 Å². The summed E-state index contributed by atoms with van der Waals surface area (Å²) < 4.78 is 11.0. The normalized spacial score (nSPS) is 12.4. The van der Waals surface area contributed by atoms with Crippen LogP contribution in [-0.2, 0) is 4.79 Å². The second kappa shape index (κ2) is 7.94. The van der Waals surface area contributed by atoms with Crippen molar-refractivity contribution in [1.29, 1.82) is 0 Å². The molecule has 0 unspecified atom stereocenters. The van der Waals surface area contributed by atoms with Crippen LogP contribution in [-0.4, -0.2) is 37.8 Å². The topological polar surface area (TPSA) is 76.7 Å². The van der Waals surface area contributed by atoms with E-state index < -0.39 is 0 Å². The van der Waals surface area contributed by atoms with Crippen LogP contribution >= 0.6 is 11.8 Å². The molecular formula is C18H18N2O4S. The average Bonchev–Trinajstić information content (AvgIpc) is 2.65. The summed E-state index contributed by atoms with van der Waals surface area (Å²) in [4.78, 5) is 24.7. The first-order valence-corrected chi connectivity index (χ1v) is 8.79. The summed E-state index contributed by atoms with van der Waals surface area (Å²) in [6.07, 6.45) is 0. The zero-order valence-corrected chi connectivity index (χ0v) is 14.5. The molecule has 2 aromatic rings. The van der Waals surface area contributed by atoms with E-state index in [9.17, 15) is 9.59 Å². The Morgan fingerprint density at radius 3 is 2.68 bits per heavy atom. The van der Waals surface area contributed by atoms with Gasteiger partial charge in [-0.2, -0.15) is 0 Å². The van der Waals surface area contributed by atoms with Gasteiger partial charge in [0.1, 0.15) is 13.2 Å². The minimum atomic E-state index is -0.193. The highest BCUT2D eigenvalue weighted by atomic mass is 32.2. The van der Waals surface area contributed by atoms with Gasteiger partial charge >= 0.3 is 0 Å². The van der Waals surface area contributed by atoms with Crippen molar-refractivity contribution in [3.05, 3.63) is 48.0 Å². The second-order valence-corrected chi connectivity index (χ2v) is 6.35. The third-order valence-electron chi connectivity index (χ3n) is 3.52. The Hall–Kier alpha value is -2.67. The lowest BCUT2D eigenvalue weighted by atomic mass is 10.2. The maximum Gasteiger partial charge on any atom is 0.251 e. The molecule has 0 fully saturated rings. The molecule has 130 valence electrons. The van der Waals surface area contributed by atoms with Crippen LogP contribution in [0.5, 0.6) is 11.5 Å². The molecule has 0 spiro atoms. The van der Waals surface area contributed by atoms with Gasteiger partial charge in [-0.25, -0.2) is 0 Å². The molecular weight excluding hydrogens is 340 g/mol. The van der Waals surface area contributed by atoms with Crippen LogP contribution in [0.25, 0.3) is 0 Å². The van der Waals surface area contributed by atoms with Gasteiger partial charge in [-0.05, 0) is 36.4 Å². The van der Waals surface area contributed by atoms with E-state index in [-0.39, 0.29) is 17.6 Å². The summed E-state index contributed by atoms with van der Waals surface area (Å²) >= 11 is 1.41. The number of nitrogens with one attached hydrogen (secondary N) is 2. The van der Waals surface area contributed by atoms with E-state index in [1.54, 1.807) is 31.3 Å². The van der Waals surface area contributed by atoms with Gasteiger partial charge in [-0.1, -0.05) is 6.07 Å². The fraction of sp³-hybridized carbons (Fsp3) is 0.222. The maximum absolute atomic E-state index is 12.1. The van der Waals surface area contributed by atoms with Crippen molar-refractivity contribution in [2.75, 3.05) is 31.3 Å². The van der Waals surface area contributed by atoms with E-state index in [0.717, 1.165) is 10.6 Å². The van der Waals surface area contributed by atoms with Crippen molar-refractivity contribution in [2.24, 2.45) is 0 Å². The molecule has 6 nitrogen and oxygen atoms in total. The Morgan fingerprint density at radius 1 is 1.08 bits per heavy atom. The van der Waals surface area contributed by atoms with Crippen molar-refractivity contribution in [3.63, 3.8) is 0 Å². The Balaban J connectivity index is 1.57. The van der Waals surface area contributed by atoms with Crippen LogP contribution in [0, 0.1) is 0 Å². The average molecular weight is 358 g/mol. The number of fused-ring (bicyclic) bond motifs is 1. The van der Waals surface area contributed by atoms with Crippen molar-refractivity contribution in [1.82, 2.24) is 5.32 Å². The van der Waals surface area contributed by atoms with E-state index in [1.165, 1.54) is 11.8 Å². The number of carbonyl (C=O) groups is 2. The van der Waals surface area contributed by atoms with E-state index >= 15 is 0 Å². The quantitative estimate of drug-likeness (QED) is 0.804. The summed E-state index contributed by atoms with van der Waals surface area (Å²) in [7, 11) is 1.57. The first-order chi connectivity index (χ1) is 12.2. The molecule has 0 atom stereocenters. The molecule has 2 aromatic carbocycles. The van der Waals surface area contributed by atoms with E-state index in [0.29, 0.717) is 30.2 Å². The van der Waals surface area contributed by atoms with Gasteiger partial charge < -0.3 is 20.1 Å². The van der Waals surface area contributed by atoms with Gasteiger partial charge in [0.25, 0.3) is 5.91 Å². The zero-order valence-electron chi connectivity index (χ0n) is 13.7. The molecule has 1 heterocycles. The highest BCUT2D eigenvalue weighted by molar-refractivity contribution is 8.00. The lowest BCUT2D eigenvalue weighted by Crippen LogP contribution is -2.19. The van der Waals surface area contributed by atoms with E-state index in [2.05, 4.69) is 10.6 Å². The van der Waals surface area contributed by atoms with Crippen LogP contribution in [0.15, 0.2) is 47.4 Å². The maximum atomic E-state index is 12.1. The first kappa shape index (κ1) is 17.2. The number of thioether (sulfide) groups is 1. The third kappa shape index (κ3) is 4.45. The second-order valence-electron chi connectivity index (χ2n) is 5.30. The minimum absolute atomic E-state index is 0.144. The van der Waals surface area contributed by atoms with Gasteiger partial charge in [0.2, 0.25) is 5.91 Å². The van der Waals surface area contributed by atoms with Crippen LogP contribution < -0.4 is 20.1 Å². The highest BCUT2D eigenvalue weighted by Gasteiger charge is 2.13. The third-order valence-corrected chi connectivity index (χ3v) is 4.51. The van der Waals surface area contributed by atoms with Gasteiger partial charge in [-0.15, -0.1) is 11.8 Å². The molecule has 1 aliphatic heterocycles. The molecule has 7 heteroatoms. The van der Waals surface area contributed by atoms with E-state index in [1.807, 2.05) is 18.2 Å². The summed E-state index contributed by atoms with van der Waals surface area (Å²) in [5.74, 6) is 1.35. The predicted molar refractivity (Wildman–Crippen MR) is 96.6 cm³/mol. The number of carbonyl (C=O) groups excluding carboxylic acids is 2. The summed E-state index contributed by atoms with van der Waals surface area (Å²) in [6, 6.07) is 12.4. The standard InChI is InChI=1S/C18H18N2O4S/c1-19-18(22)12-3-2-4-13(9-12)20-17(21)11-25-14-5-6-15-16(10-14)24-8-7-23-15/h2-6,9-10H,7-8,11H2,1H3,(H,19,22)(H,20,21). The molecule has 3 rings (SSSR count). The zero-order chi connectivity index (χ0) is 17.6. The number of hydrogen-bond donors (Lipinski definition) is 2. The Kier molecular flexibility index (Phi) is 5.45. The van der Waals surface area contributed by atoms with Crippen molar-refractivity contribution < 1.29 is 19.1 Å². The number of anilines is 1. The summed E-state index contributed by atoms with van der Waals surface area (Å²) in [6.45, 7) is 1.08. The lowest BCUT2D eigenvalue weighted by molar-refractivity contribution is -0.113. The summed E-state index contributed by atoms with van der Waals surface area (Å²) in [5.41, 5.74) is 1.09. The number of benzene rings is 2. The molecule has 0 radical (unpaired) electrons. The Morgan fingerprint density at radius 2 is 1.88 bits per heavy atom. The Labute approximate surface area is 149 Å². The molecule has 0 aromatic heterocycles. The number of rotatable bonds is 5. The summed E-state index contributed by atoms with van der Waals surface area (Å²) in [5, 5.41) is 5.35. The number of ether oxygens (including phenoxy) is 2. The number of hydrogen-bond acceptors (Lipinski definition) is 5. The fourth-order valence-corrected chi connectivity index (χ4v) is 3.07. The van der Waals surface area contributed by atoms with Crippen LogP contribution in [0.1, 0.15) is 10.4 Å².